The van der Waals surface area contributed by atoms with Gasteiger partial charge in [-0.1, -0.05) is 13.8 Å². The second kappa shape index (κ2) is 7.59. The third-order valence-corrected chi connectivity index (χ3v) is 4.09. The minimum Gasteiger partial charge on any atom is -0.480 e. The van der Waals surface area contributed by atoms with E-state index in [4.69, 9.17) is 10.8 Å². The molecule has 1 aliphatic rings. The summed E-state index contributed by atoms with van der Waals surface area (Å²) < 4.78 is 0. The fourth-order valence-corrected chi connectivity index (χ4v) is 2.80. The number of amides is 1. The second-order valence-electron chi connectivity index (χ2n) is 5.91. The normalized spacial score (nSPS) is 24.1. The van der Waals surface area contributed by atoms with Crippen LogP contribution >= 0.6 is 0 Å². The highest BCUT2D eigenvalue weighted by Gasteiger charge is 2.38. The summed E-state index contributed by atoms with van der Waals surface area (Å²) in [7, 11) is 0. The largest absolute Gasteiger partial charge is 0.480 e. The number of hydrogen-bond donors (Lipinski definition) is 3. The van der Waals surface area contributed by atoms with Gasteiger partial charge < -0.3 is 20.8 Å². The number of carbonyl (C=O) groups is 2. The Hall–Kier alpha value is -1.14. The molecular weight excluding hydrogens is 260 g/mol. The Balaban J connectivity index is 2.55. The highest BCUT2D eigenvalue weighted by Crippen LogP contribution is 2.24. The van der Waals surface area contributed by atoms with Gasteiger partial charge in [0, 0.05) is 19.4 Å². The van der Waals surface area contributed by atoms with Gasteiger partial charge in [0.25, 0.3) is 0 Å². The summed E-state index contributed by atoms with van der Waals surface area (Å²) in [6.45, 7) is 4.92. The Bertz CT molecular complexity index is 346. The minimum absolute atomic E-state index is 0.123. The topological polar surface area (TPSA) is 104 Å². The van der Waals surface area contributed by atoms with E-state index in [2.05, 4.69) is 13.8 Å². The monoisotopic (exact) mass is 286 g/mol. The van der Waals surface area contributed by atoms with Crippen LogP contribution in [-0.2, 0) is 9.59 Å². The zero-order chi connectivity index (χ0) is 15.3. The van der Waals surface area contributed by atoms with Crippen molar-refractivity contribution in [2.45, 2.75) is 51.7 Å². The van der Waals surface area contributed by atoms with E-state index in [1.165, 1.54) is 4.90 Å². The SMILES string of the molecule is CC(C)C(CCN)CCC(=O)N1C[C@H](O)C[C@H]1C(=O)O. The molecule has 0 radical (unpaired) electrons. The number of rotatable bonds is 7. The number of carboxylic acid groups (broad SMARTS) is 1. The Morgan fingerprint density at radius 1 is 1.35 bits per heavy atom. The van der Waals surface area contributed by atoms with Crippen LogP contribution in [0.25, 0.3) is 0 Å². The third kappa shape index (κ3) is 4.45. The van der Waals surface area contributed by atoms with E-state index in [0.717, 1.165) is 6.42 Å². The number of aliphatic hydroxyl groups excluding tert-OH is 1. The predicted molar refractivity (Wildman–Crippen MR) is 75.0 cm³/mol. The van der Waals surface area contributed by atoms with Gasteiger partial charge in [-0.15, -0.1) is 0 Å². The first kappa shape index (κ1) is 16.9. The molecule has 0 aliphatic carbocycles. The summed E-state index contributed by atoms with van der Waals surface area (Å²) >= 11 is 0. The predicted octanol–water partition coefficient (Wildman–Crippen LogP) is 0.434. The maximum Gasteiger partial charge on any atom is 0.326 e. The van der Waals surface area contributed by atoms with Crippen molar-refractivity contribution >= 4 is 11.9 Å². The van der Waals surface area contributed by atoms with E-state index in [9.17, 15) is 14.7 Å². The summed E-state index contributed by atoms with van der Waals surface area (Å²) in [5.41, 5.74) is 5.57. The molecule has 4 N–H and O–H groups in total. The molecule has 116 valence electrons. The Morgan fingerprint density at radius 3 is 2.50 bits per heavy atom. The number of nitrogens with two attached hydrogens (primary N) is 1. The van der Waals surface area contributed by atoms with E-state index >= 15 is 0 Å². The van der Waals surface area contributed by atoms with E-state index in [1.807, 2.05) is 0 Å². The lowest BCUT2D eigenvalue weighted by molar-refractivity contribution is -0.148. The van der Waals surface area contributed by atoms with Crippen molar-refractivity contribution in [1.29, 1.82) is 0 Å². The van der Waals surface area contributed by atoms with Crippen LogP contribution in [0.3, 0.4) is 0 Å². The van der Waals surface area contributed by atoms with Gasteiger partial charge in [0.2, 0.25) is 5.91 Å². The highest BCUT2D eigenvalue weighted by molar-refractivity contribution is 5.84. The Morgan fingerprint density at radius 2 is 2.00 bits per heavy atom. The molecule has 1 heterocycles. The molecular formula is C14H26N2O4. The van der Waals surface area contributed by atoms with Crippen LogP contribution in [0.5, 0.6) is 0 Å². The lowest BCUT2D eigenvalue weighted by Crippen LogP contribution is -2.40. The third-order valence-electron chi connectivity index (χ3n) is 4.09. The summed E-state index contributed by atoms with van der Waals surface area (Å²) in [6, 6.07) is -0.885. The molecule has 1 amide bonds. The molecule has 0 spiro atoms. The van der Waals surface area contributed by atoms with Crippen LogP contribution in [0.1, 0.15) is 39.5 Å². The van der Waals surface area contributed by atoms with Crippen molar-refractivity contribution in [2.75, 3.05) is 13.1 Å². The smallest absolute Gasteiger partial charge is 0.326 e. The Kier molecular flexibility index (Phi) is 6.42. The molecule has 0 aromatic rings. The van der Waals surface area contributed by atoms with Crippen molar-refractivity contribution < 1.29 is 19.8 Å². The maximum absolute atomic E-state index is 12.2. The molecule has 1 aliphatic heterocycles. The molecule has 0 aromatic carbocycles. The van der Waals surface area contributed by atoms with Gasteiger partial charge in [0.15, 0.2) is 0 Å². The molecule has 6 nitrogen and oxygen atoms in total. The van der Waals surface area contributed by atoms with Crippen molar-refractivity contribution in [1.82, 2.24) is 4.90 Å². The zero-order valence-corrected chi connectivity index (χ0v) is 12.3. The van der Waals surface area contributed by atoms with Crippen LogP contribution < -0.4 is 5.73 Å². The number of likely N-dealkylation sites (tertiary alicyclic amines) is 1. The number of aliphatic carboxylic acids is 1. The summed E-state index contributed by atoms with van der Waals surface area (Å²) in [5.74, 6) is -0.403. The number of nitrogens with zero attached hydrogens (tertiary/aromatic N) is 1. The molecule has 1 fully saturated rings. The van der Waals surface area contributed by atoms with E-state index < -0.39 is 18.1 Å². The first-order valence-electron chi connectivity index (χ1n) is 7.27. The van der Waals surface area contributed by atoms with Crippen molar-refractivity contribution in [2.24, 2.45) is 17.6 Å². The van der Waals surface area contributed by atoms with Crippen LogP contribution in [0.15, 0.2) is 0 Å². The molecule has 3 atom stereocenters. The summed E-state index contributed by atoms with van der Waals surface area (Å²) in [6.07, 6.45) is 1.30. The van der Waals surface area contributed by atoms with Gasteiger partial charge in [-0.2, -0.15) is 0 Å². The number of aliphatic hydroxyl groups is 1. The fraction of sp³-hybridized carbons (Fsp3) is 0.857. The van der Waals surface area contributed by atoms with Crippen LogP contribution in [-0.4, -0.2) is 52.2 Å². The number of carbonyl (C=O) groups excluding carboxylic acids is 1. The van der Waals surface area contributed by atoms with Gasteiger partial charge in [-0.25, -0.2) is 4.79 Å². The molecule has 0 saturated carbocycles. The van der Waals surface area contributed by atoms with Gasteiger partial charge in [0.1, 0.15) is 6.04 Å². The lowest BCUT2D eigenvalue weighted by atomic mass is 9.88. The summed E-state index contributed by atoms with van der Waals surface area (Å²) in [4.78, 5) is 24.5. The molecule has 1 rings (SSSR count). The number of carboxylic acids is 1. The molecule has 0 bridgehead atoms. The average Bonchev–Trinajstić information content (AvgIpc) is 2.76. The molecule has 20 heavy (non-hydrogen) atoms. The Labute approximate surface area is 119 Å². The van der Waals surface area contributed by atoms with Gasteiger partial charge in [-0.3, -0.25) is 4.79 Å². The first-order chi connectivity index (χ1) is 9.36. The highest BCUT2D eigenvalue weighted by atomic mass is 16.4. The molecule has 0 aromatic heterocycles. The van der Waals surface area contributed by atoms with Crippen LogP contribution in [0.2, 0.25) is 0 Å². The van der Waals surface area contributed by atoms with Gasteiger partial charge in [-0.05, 0) is 31.2 Å². The molecule has 1 unspecified atom stereocenters. The lowest BCUT2D eigenvalue weighted by Gasteiger charge is -2.24. The van der Waals surface area contributed by atoms with Crippen LogP contribution in [0, 0.1) is 11.8 Å². The standard InChI is InChI=1S/C14H26N2O4/c1-9(2)10(5-6-15)3-4-13(18)16-8-11(17)7-12(16)14(19)20/h9-12,17H,3-8,15H2,1-2H3,(H,19,20)/t10?,11-,12+/m1/s1. The number of β-amino-alcohol motifs (C(OH)–C–C–N with tert-alkyl or cyclic N) is 1. The van der Waals surface area contributed by atoms with Gasteiger partial charge >= 0.3 is 5.97 Å². The van der Waals surface area contributed by atoms with Crippen molar-refractivity contribution in [3.05, 3.63) is 0 Å². The summed E-state index contributed by atoms with van der Waals surface area (Å²) in [5, 5.41) is 18.6. The van der Waals surface area contributed by atoms with E-state index in [1.54, 1.807) is 0 Å². The number of hydrogen-bond acceptors (Lipinski definition) is 4. The quantitative estimate of drug-likeness (QED) is 0.630. The van der Waals surface area contributed by atoms with E-state index in [0.29, 0.717) is 31.2 Å². The van der Waals surface area contributed by atoms with E-state index in [-0.39, 0.29) is 18.9 Å². The van der Waals surface area contributed by atoms with Gasteiger partial charge in [0.05, 0.1) is 6.10 Å². The van der Waals surface area contributed by atoms with Crippen molar-refractivity contribution in [3.63, 3.8) is 0 Å². The molecule has 6 heteroatoms. The second-order valence-corrected chi connectivity index (χ2v) is 5.91. The molecule has 1 saturated heterocycles. The zero-order valence-electron chi connectivity index (χ0n) is 12.3. The first-order valence-corrected chi connectivity index (χ1v) is 7.27. The maximum atomic E-state index is 12.2. The van der Waals surface area contributed by atoms with Crippen molar-refractivity contribution in [3.8, 4) is 0 Å². The average molecular weight is 286 g/mol. The minimum atomic E-state index is -1.04. The fourth-order valence-electron chi connectivity index (χ4n) is 2.80. The van der Waals surface area contributed by atoms with Crippen LogP contribution in [0.4, 0.5) is 0 Å².